The summed E-state index contributed by atoms with van der Waals surface area (Å²) in [7, 11) is 0. The largest absolute Gasteiger partial charge is 0.494 e. The van der Waals surface area contributed by atoms with Gasteiger partial charge < -0.3 is 15.2 Å². The molecule has 0 heterocycles. The average Bonchev–Trinajstić information content (AvgIpc) is 2.34. The molecule has 1 aromatic rings. The predicted molar refractivity (Wildman–Crippen MR) is 66.1 cm³/mol. The van der Waals surface area contributed by atoms with Crippen LogP contribution in [0, 0.1) is 6.92 Å². The van der Waals surface area contributed by atoms with Crippen molar-refractivity contribution < 1.29 is 19.1 Å². The van der Waals surface area contributed by atoms with Crippen molar-refractivity contribution in [3.8, 4) is 5.75 Å². The van der Waals surface area contributed by atoms with Crippen LogP contribution in [0.4, 0.5) is 0 Å². The first kappa shape index (κ1) is 14.0. The van der Waals surface area contributed by atoms with Crippen LogP contribution in [0.5, 0.6) is 5.75 Å². The second-order valence-electron chi connectivity index (χ2n) is 3.89. The molecule has 0 unspecified atom stereocenters. The van der Waals surface area contributed by atoms with Gasteiger partial charge in [0.25, 0.3) is 5.91 Å². The lowest BCUT2D eigenvalue weighted by molar-refractivity contribution is -0.147. The minimum absolute atomic E-state index is 0.207. The number of benzene rings is 1. The Balaban J connectivity index is 2.13. The molecule has 0 aliphatic rings. The second-order valence-corrected chi connectivity index (χ2v) is 3.89. The highest BCUT2D eigenvalue weighted by Crippen LogP contribution is 2.11. The molecule has 2 N–H and O–H groups in total. The lowest BCUT2D eigenvalue weighted by Crippen LogP contribution is -2.21. The number of hydrogen-bond acceptors (Lipinski definition) is 4. The van der Waals surface area contributed by atoms with E-state index in [0.717, 1.165) is 11.3 Å². The number of esters is 1. The SMILES string of the molecule is Cc1ccc(OCCCC(=O)OCC(N)=O)cc1. The number of hydrogen-bond donors (Lipinski definition) is 1. The molecule has 0 aliphatic carbocycles. The highest BCUT2D eigenvalue weighted by Gasteiger charge is 2.04. The quantitative estimate of drug-likeness (QED) is 0.583. The maximum Gasteiger partial charge on any atom is 0.306 e. The fraction of sp³-hybridized carbons (Fsp3) is 0.385. The van der Waals surface area contributed by atoms with Crippen LogP contribution >= 0.6 is 0 Å². The molecule has 0 radical (unpaired) electrons. The van der Waals surface area contributed by atoms with Gasteiger partial charge in [0, 0.05) is 6.42 Å². The summed E-state index contributed by atoms with van der Waals surface area (Å²) in [6.45, 7) is 2.06. The van der Waals surface area contributed by atoms with Crippen LogP contribution in [0.3, 0.4) is 0 Å². The molecule has 1 aromatic carbocycles. The van der Waals surface area contributed by atoms with Crippen LogP contribution in [0.15, 0.2) is 24.3 Å². The molecule has 1 amide bonds. The van der Waals surface area contributed by atoms with E-state index in [1.54, 1.807) is 0 Å². The van der Waals surface area contributed by atoms with Gasteiger partial charge in [0.2, 0.25) is 0 Å². The molecule has 0 aliphatic heterocycles. The number of carbonyl (C=O) groups excluding carboxylic acids is 2. The first-order chi connectivity index (χ1) is 8.58. The zero-order valence-corrected chi connectivity index (χ0v) is 10.3. The van der Waals surface area contributed by atoms with Crippen molar-refractivity contribution >= 4 is 11.9 Å². The van der Waals surface area contributed by atoms with Gasteiger partial charge in [0.05, 0.1) is 6.61 Å². The van der Waals surface area contributed by atoms with Crippen molar-refractivity contribution in [2.24, 2.45) is 5.73 Å². The van der Waals surface area contributed by atoms with E-state index in [9.17, 15) is 9.59 Å². The van der Waals surface area contributed by atoms with E-state index < -0.39 is 11.9 Å². The van der Waals surface area contributed by atoms with Crippen molar-refractivity contribution in [3.63, 3.8) is 0 Å². The van der Waals surface area contributed by atoms with Crippen LogP contribution in [-0.2, 0) is 14.3 Å². The maximum atomic E-state index is 11.1. The van der Waals surface area contributed by atoms with Gasteiger partial charge in [-0.15, -0.1) is 0 Å². The molecule has 0 bridgehead atoms. The summed E-state index contributed by atoms with van der Waals surface area (Å²) < 4.78 is 10.0. The summed E-state index contributed by atoms with van der Waals surface area (Å²) in [4.78, 5) is 21.5. The van der Waals surface area contributed by atoms with E-state index in [0.29, 0.717) is 13.0 Å². The highest BCUT2D eigenvalue weighted by atomic mass is 16.5. The van der Waals surface area contributed by atoms with Crippen molar-refractivity contribution in [1.82, 2.24) is 0 Å². The molecule has 5 heteroatoms. The summed E-state index contributed by atoms with van der Waals surface area (Å²) >= 11 is 0. The summed E-state index contributed by atoms with van der Waals surface area (Å²) in [6.07, 6.45) is 0.741. The molecule has 0 saturated carbocycles. The Hall–Kier alpha value is -2.04. The number of rotatable bonds is 7. The topological polar surface area (TPSA) is 78.6 Å². The maximum absolute atomic E-state index is 11.1. The van der Waals surface area contributed by atoms with Gasteiger partial charge in [-0.05, 0) is 25.5 Å². The Bertz CT molecular complexity index is 400. The summed E-state index contributed by atoms with van der Waals surface area (Å²) in [5, 5.41) is 0. The molecular weight excluding hydrogens is 234 g/mol. The second kappa shape index (κ2) is 7.32. The molecule has 0 aromatic heterocycles. The smallest absolute Gasteiger partial charge is 0.306 e. The van der Waals surface area contributed by atoms with E-state index >= 15 is 0 Å². The van der Waals surface area contributed by atoms with E-state index in [2.05, 4.69) is 4.74 Å². The standard InChI is InChI=1S/C13H17NO4/c1-10-4-6-11(7-5-10)17-8-2-3-13(16)18-9-12(14)15/h4-7H,2-3,8-9H2,1H3,(H2,14,15). The van der Waals surface area contributed by atoms with Gasteiger partial charge in [-0.1, -0.05) is 17.7 Å². The van der Waals surface area contributed by atoms with E-state index in [4.69, 9.17) is 10.5 Å². The summed E-state index contributed by atoms with van der Waals surface area (Å²) in [5.41, 5.74) is 6.01. The fourth-order valence-electron chi connectivity index (χ4n) is 1.26. The third kappa shape index (κ3) is 5.89. The zero-order chi connectivity index (χ0) is 13.4. The normalized spacial score (nSPS) is 9.83. The Labute approximate surface area is 106 Å². The van der Waals surface area contributed by atoms with Crippen molar-refractivity contribution in [2.45, 2.75) is 19.8 Å². The van der Waals surface area contributed by atoms with Crippen LogP contribution < -0.4 is 10.5 Å². The Kier molecular flexibility index (Phi) is 5.70. The number of primary amides is 1. The highest BCUT2D eigenvalue weighted by molar-refractivity contribution is 5.78. The molecule has 0 fully saturated rings. The molecular formula is C13H17NO4. The number of aryl methyl sites for hydroxylation is 1. The molecule has 0 atom stereocenters. The number of ether oxygens (including phenoxy) is 2. The predicted octanol–water partition coefficient (Wildman–Crippen LogP) is 1.18. The summed E-state index contributed by atoms with van der Waals surface area (Å²) in [5.74, 6) is -0.327. The summed E-state index contributed by atoms with van der Waals surface area (Å²) in [6, 6.07) is 7.66. The first-order valence-electron chi connectivity index (χ1n) is 5.71. The zero-order valence-electron chi connectivity index (χ0n) is 10.3. The van der Waals surface area contributed by atoms with Crippen LogP contribution in [0.2, 0.25) is 0 Å². The van der Waals surface area contributed by atoms with Crippen LogP contribution in [0.1, 0.15) is 18.4 Å². The Morgan fingerprint density at radius 2 is 1.89 bits per heavy atom. The van der Waals surface area contributed by atoms with Gasteiger partial charge in [-0.25, -0.2) is 0 Å². The lowest BCUT2D eigenvalue weighted by atomic mass is 10.2. The molecule has 5 nitrogen and oxygen atoms in total. The van der Waals surface area contributed by atoms with Crippen molar-refractivity contribution in [3.05, 3.63) is 29.8 Å². The van der Waals surface area contributed by atoms with Crippen LogP contribution in [0.25, 0.3) is 0 Å². The average molecular weight is 251 g/mol. The molecule has 98 valence electrons. The molecule has 0 saturated heterocycles. The van der Waals surface area contributed by atoms with E-state index in [-0.39, 0.29) is 13.0 Å². The lowest BCUT2D eigenvalue weighted by Gasteiger charge is -2.06. The van der Waals surface area contributed by atoms with Crippen molar-refractivity contribution in [1.29, 1.82) is 0 Å². The minimum Gasteiger partial charge on any atom is -0.494 e. The van der Waals surface area contributed by atoms with Crippen molar-refractivity contribution in [2.75, 3.05) is 13.2 Å². The van der Waals surface area contributed by atoms with E-state index in [1.165, 1.54) is 0 Å². The Morgan fingerprint density at radius 3 is 2.50 bits per heavy atom. The third-order valence-corrected chi connectivity index (χ3v) is 2.19. The van der Waals surface area contributed by atoms with Gasteiger partial charge in [-0.3, -0.25) is 9.59 Å². The van der Waals surface area contributed by atoms with Gasteiger partial charge >= 0.3 is 5.97 Å². The fourth-order valence-corrected chi connectivity index (χ4v) is 1.26. The molecule has 18 heavy (non-hydrogen) atoms. The van der Waals surface area contributed by atoms with Gasteiger partial charge in [-0.2, -0.15) is 0 Å². The number of nitrogens with two attached hydrogens (primary N) is 1. The Morgan fingerprint density at radius 1 is 1.22 bits per heavy atom. The van der Waals surface area contributed by atoms with Gasteiger partial charge in [0.15, 0.2) is 6.61 Å². The molecule has 1 rings (SSSR count). The van der Waals surface area contributed by atoms with E-state index in [1.807, 2.05) is 31.2 Å². The van der Waals surface area contributed by atoms with Gasteiger partial charge in [0.1, 0.15) is 5.75 Å². The minimum atomic E-state index is -0.653. The monoisotopic (exact) mass is 251 g/mol. The third-order valence-electron chi connectivity index (χ3n) is 2.19. The molecule has 0 spiro atoms. The number of amides is 1. The van der Waals surface area contributed by atoms with Crippen LogP contribution in [-0.4, -0.2) is 25.1 Å². The number of carbonyl (C=O) groups is 2. The first-order valence-corrected chi connectivity index (χ1v) is 5.71.